The standard InChI is InChI=1S/C22H21F3N2O5/c1-12-19(32-17-6-3-2-5-16(17)31-12)21(29)27-15-9-8-13(11-14(15)22(23,24)25)26-20(28)18-7-4-10-30-18/h2-3,5-6,8-9,11-12,18-19H,4,7,10H2,1H3,(H,26,28)(H,27,29)/t12-,18-,19+/m0/s1. The number of rotatable bonds is 4. The predicted molar refractivity (Wildman–Crippen MR) is 109 cm³/mol. The van der Waals surface area contributed by atoms with Crippen LogP contribution in [0.5, 0.6) is 11.5 Å². The van der Waals surface area contributed by atoms with Gasteiger partial charge in [-0.15, -0.1) is 0 Å². The number of anilines is 2. The molecule has 10 heteroatoms. The zero-order valence-corrected chi connectivity index (χ0v) is 17.1. The van der Waals surface area contributed by atoms with Crippen LogP contribution in [0.15, 0.2) is 42.5 Å². The van der Waals surface area contributed by atoms with Gasteiger partial charge in [0.05, 0.1) is 11.3 Å². The van der Waals surface area contributed by atoms with E-state index in [2.05, 4.69) is 10.6 Å². The summed E-state index contributed by atoms with van der Waals surface area (Å²) in [7, 11) is 0. The van der Waals surface area contributed by atoms with Crippen LogP contribution in [0, 0.1) is 0 Å². The fourth-order valence-electron chi connectivity index (χ4n) is 3.58. The van der Waals surface area contributed by atoms with Crippen molar-refractivity contribution >= 4 is 23.2 Å². The Hall–Kier alpha value is -3.27. The van der Waals surface area contributed by atoms with E-state index in [1.165, 1.54) is 6.07 Å². The first-order valence-electron chi connectivity index (χ1n) is 10.1. The van der Waals surface area contributed by atoms with E-state index in [4.69, 9.17) is 14.2 Å². The van der Waals surface area contributed by atoms with Gasteiger partial charge in [-0.2, -0.15) is 13.2 Å². The number of hydrogen-bond acceptors (Lipinski definition) is 5. The lowest BCUT2D eigenvalue weighted by molar-refractivity contribution is -0.137. The molecule has 0 aliphatic carbocycles. The van der Waals surface area contributed by atoms with E-state index in [0.717, 1.165) is 12.1 Å². The molecule has 0 aromatic heterocycles. The molecule has 0 unspecified atom stereocenters. The van der Waals surface area contributed by atoms with Crippen LogP contribution in [0.3, 0.4) is 0 Å². The number of carbonyl (C=O) groups excluding carboxylic acids is 2. The molecule has 0 bridgehead atoms. The van der Waals surface area contributed by atoms with Crippen LogP contribution in [-0.4, -0.2) is 36.7 Å². The SMILES string of the molecule is C[C@@H]1Oc2ccccc2O[C@H]1C(=O)Nc1ccc(NC(=O)[C@@H]2CCCO2)cc1C(F)(F)F. The van der Waals surface area contributed by atoms with Crippen molar-refractivity contribution in [3.63, 3.8) is 0 Å². The van der Waals surface area contributed by atoms with Crippen LogP contribution in [0.1, 0.15) is 25.3 Å². The van der Waals surface area contributed by atoms with Gasteiger partial charge in [-0.25, -0.2) is 0 Å². The molecule has 1 saturated heterocycles. The second-order valence-corrected chi connectivity index (χ2v) is 7.55. The zero-order valence-electron chi connectivity index (χ0n) is 17.1. The second kappa shape index (κ2) is 8.70. The van der Waals surface area contributed by atoms with Gasteiger partial charge in [0.2, 0.25) is 6.10 Å². The van der Waals surface area contributed by atoms with Gasteiger partial charge in [-0.1, -0.05) is 12.1 Å². The Labute approximate surface area is 181 Å². The molecular weight excluding hydrogens is 429 g/mol. The minimum atomic E-state index is -4.77. The number of benzene rings is 2. The van der Waals surface area contributed by atoms with E-state index in [0.29, 0.717) is 30.9 Å². The van der Waals surface area contributed by atoms with E-state index in [1.807, 2.05) is 0 Å². The molecule has 1 fully saturated rings. The molecule has 2 heterocycles. The van der Waals surface area contributed by atoms with Crippen LogP contribution in [0.25, 0.3) is 0 Å². The highest BCUT2D eigenvalue weighted by molar-refractivity contribution is 5.97. The molecule has 2 aromatic rings. The van der Waals surface area contributed by atoms with Crippen molar-refractivity contribution in [2.75, 3.05) is 17.2 Å². The summed E-state index contributed by atoms with van der Waals surface area (Å²) in [5.74, 6) is -0.512. The van der Waals surface area contributed by atoms with Crippen molar-refractivity contribution in [2.24, 2.45) is 0 Å². The minimum Gasteiger partial charge on any atom is -0.482 e. The van der Waals surface area contributed by atoms with Gasteiger partial charge in [0.1, 0.15) is 12.2 Å². The van der Waals surface area contributed by atoms with Gasteiger partial charge in [0.25, 0.3) is 11.8 Å². The molecule has 2 N–H and O–H groups in total. The summed E-state index contributed by atoms with van der Waals surface area (Å²) >= 11 is 0. The minimum absolute atomic E-state index is 0.0460. The quantitative estimate of drug-likeness (QED) is 0.736. The van der Waals surface area contributed by atoms with Crippen molar-refractivity contribution in [3.05, 3.63) is 48.0 Å². The molecule has 0 spiro atoms. The van der Waals surface area contributed by atoms with Gasteiger partial charge in [0, 0.05) is 12.3 Å². The Morgan fingerprint density at radius 1 is 1.00 bits per heavy atom. The summed E-state index contributed by atoms with van der Waals surface area (Å²) in [6.45, 7) is 2.03. The van der Waals surface area contributed by atoms with E-state index < -0.39 is 47.6 Å². The average molecular weight is 450 g/mol. The fraction of sp³-hybridized carbons (Fsp3) is 0.364. The normalized spacial score (nSPS) is 22.3. The number of ether oxygens (including phenoxy) is 3. The summed E-state index contributed by atoms with van der Waals surface area (Å²) in [6.07, 6.45) is -6.09. The van der Waals surface area contributed by atoms with Crippen LogP contribution >= 0.6 is 0 Å². The Morgan fingerprint density at radius 2 is 1.72 bits per heavy atom. The maximum atomic E-state index is 13.7. The maximum Gasteiger partial charge on any atom is 0.418 e. The van der Waals surface area contributed by atoms with E-state index in [1.54, 1.807) is 31.2 Å². The molecule has 3 atom stereocenters. The summed E-state index contributed by atoms with van der Waals surface area (Å²) in [4.78, 5) is 24.9. The van der Waals surface area contributed by atoms with Crippen molar-refractivity contribution in [3.8, 4) is 11.5 Å². The van der Waals surface area contributed by atoms with Crippen molar-refractivity contribution in [2.45, 2.75) is 44.3 Å². The molecule has 2 aliphatic rings. The third kappa shape index (κ3) is 4.64. The molecular formula is C22H21F3N2O5. The lowest BCUT2D eigenvalue weighted by Crippen LogP contribution is -2.46. The molecule has 7 nitrogen and oxygen atoms in total. The van der Waals surface area contributed by atoms with Gasteiger partial charge in [-0.05, 0) is 50.1 Å². The summed E-state index contributed by atoms with van der Waals surface area (Å²) < 4.78 is 57.6. The van der Waals surface area contributed by atoms with Crippen LogP contribution in [-0.2, 0) is 20.5 Å². The topological polar surface area (TPSA) is 85.9 Å². The summed E-state index contributed by atoms with van der Waals surface area (Å²) in [5.41, 5.74) is -1.59. The zero-order chi connectivity index (χ0) is 22.9. The molecule has 0 radical (unpaired) electrons. The fourth-order valence-corrected chi connectivity index (χ4v) is 3.58. The first-order chi connectivity index (χ1) is 15.2. The second-order valence-electron chi connectivity index (χ2n) is 7.55. The number of halogens is 3. The van der Waals surface area contributed by atoms with E-state index in [-0.39, 0.29) is 5.69 Å². The Kier molecular flexibility index (Phi) is 5.96. The number of nitrogens with one attached hydrogen (secondary N) is 2. The van der Waals surface area contributed by atoms with Crippen molar-refractivity contribution in [1.82, 2.24) is 0 Å². The molecule has 32 heavy (non-hydrogen) atoms. The molecule has 2 aliphatic heterocycles. The lowest BCUT2D eigenvalue weighted by atomic mass is 10.1. The number of alkyl halides is 3. The highest BCUT2D eigenvalue weighted by atomic mass is 19.4. The summed E-state index contributed by atoms with van der Waals surface area (Å²) in [5, 5.41) is 4.72. The highest BCUT2D eigenvalue weighted by Crippen LogP contribution is 2.38. The average Bonchev–Trinajstić information content (AvgIpc) is 3.28. The number of amides is 2. The Bertz CT molecular complexity index is 1020. The smallest absolute Gasteiger partial charge is 0.418 e. The van der Waals surface area contributed by atoms with Gasteiger partial charge in [-0.3, -0.25) is 9.59 Å². The third-order valence-electron chi connectivity index (χ3n) is 5.17. The van der Waals surface area contributed by atoms with Gasteiger partial charge >= 0.3 is 6.18 Å². The molecule has 0 saturated carbocycles. The third-order valence-corrected chi connectivity index (χ3v) is 5.17. The van der Waals surface area contributed by atoms with E-state index in [9.17, 15) is 22.8 Å². The van der Waals surface area contributed by atoms with Crippen LogP contribution in [0.2, 0.25) is 0 Å². The van der Waals surface area contributed by atoms with Gasteiger partial charge < -0.3 is 24.8 Å². The maximum absolute atomic E-state index is 13.7. The number of carbonyl (C=O) groups is 2. The monoisotopic (exact) mass is 450 g/mol. The van der Waals surface area contributed by atoms with Crippen molar-refractivity contribution < 1.29 is 37.0 Å². The van der Waals surface area contributed by atoms with Crippen molar-refractivity contribution in [1.29, 1.82) is 0 Å². The largest absolute Gasteiger partial charge is 0.482 e. The number of hydrogen-bond donors (Lipinski definition) is 2. The molecule has 2 amide bonds. The first kappa shape index (κ1) is 21.9. The summed E-state index contributed by atoms with van der Waals surface area (Å²) in [6, 6.07) is 9.87. The molecule has 170 valence electrons. The van der Waals surface area contributed by atoms with Gasteiger partial charge in [0.15, 0.2) is 11.5 Å². The molecule has 2 aromatic carbocycles. The Morgan fingerprint density at radius 3 is 2.38 bits per heavy atom. The van der Waals surface area contributed by atoms with Crippen LogP contribution < -0.4 is 20.1 Å². The number of fused-ring (bicyclic) bond motifs is 1. The van der Waals surface area contributed by atoms with E-state index >= 15 is 0 Å². The predicted octanol–water partition coefficient (Wildman–Crippen LogP) is 3.99. The highest BCUT2D eigenvalue weighted by Gasteiger charge is 2.38. The number of para-hydroxylation sites is 2. The van der Waals surface area contributed by atoms with Crippen LogP contribution in [0.4, 0.5) is 24.5 Å². The lowest BCUT2D eigenvalue weighted by Gasteiger charge is -2.31. The Balaban J connectivity index is 1.52. The molecule has 4 rings (SSSR count). The first-order valence-corrected chi connectivity index (χ1v) is 10.1.